The summed E-state index contributed by atoms with van der Waals surface area (Å²) in [5.41, 5.74) is 3.59. The van der Waals surface area contributed by atoms with E-state index in [2.05, 4.69) is 10.5 Å². The van der Waals surface area contributed by atoms with E-state index < -0.39 is 5.97 Å². The number of ether oxygens (including phenoxy) is 3. The van der Waals surface area contributed by atoms with Crippen LogP contribution in [-0.2, 0) is 4.79 Å². The smallest absolute Gasteiger partial charge is 0.343 e. The average molecular weight is 461 g/mol. The molecule has 7 nitrogen and oxygen atoms in total. The number of nitrogens with zero attached hydrogens (tertiary/aromatic N) is 1. The predicted octanol–water partition coefficient (Wildman–Crippen LogP) is 5.11. The van der Waals surface area contributed by atoms with Crippen LogP contribution in [-0.4, -0.2) is 32.3 Å². The third-order valence-electron chi connectivity index (χ3n) is 6.10. The second-order valence-electron chi connectivity index (χ2n) is 8.23. The van der Waals surface area contributed by atoms with Crippen molar-refractivity contribution in [2.24, 2.45) is 11.0 Å². The van der Waals surface area contributed by atoms with Gasteiger partial charge < -0.3 is 14.2 Å². The number of carbonyl (C=O) groups excluding carboxylic acids is 2. The Kier molecular flexibility index (Phi) is 7.42. The molecule has 3 aromatic carbocycles. The van der Waals surface area contributed by atoms with Crippen LogP contribution in [0.5, 0.6) is 17.2 Å². The molecule has 0 spiro atoms. The number of esters is 1. The molecule has 0 radical (unpaired) electrons. The lowest BCUT2D eigenvalue weighted by Crippen LogP contribution is -2.28. The van der Waals surface area contributed by atoms with Gasteiger partial charge in [-0.25, -0.2) is 10.2 Å². The maximum atomic E-state index is 12.9. The summed E-state index contributed by atoms with van der Waals surface area (Å²) in [6, 6.07) is 16.2. The molecule has 1 aliphatic rings. The molecule has 0 saturated heterocycles. The van der Waals surface area contributed by atoms with Crippen molar-refractivity contribution in [3.8, 4) is 17.2 Å². The number of fused-ring (bicyclic) bond motifs is 1. The molecule has 0 bridgehead atoms. The Labute approximate surface area is 198 Å². The van der Waals surface area contributed by atoms with Gasteiger partial charge in [0.15, 0.2) is 11.5 Å². The number of hydrogen-bond acceptors (Lipinski definition) is 6. The van der Waals surface area contributed by atoms with Gasteiger partial charge in [0.05, 0.1) is 26.0 Å². The lowest BCUT2D eigenvalue weighted by atomic mass is 9.89. The monoisotopic (exact) mass is 460 g/mol. The number of rotatable bonds is 7. The number of amides is 1. The number of benzene rings is 3. The third kappa shape index (κ3) is 5.20. The summed E-state index contributed by atoms with van der Waals surface area (Å²) < 4.78 is 16.3. The molecule has 1 amide bonds. The fourth-order valence-electron chi connectivity index (χ4n) is 4.24. The van der Waals surface area contributed by atoms with E-state index >= 15 is 0 Å². The Balaban J connectivity index is 1.59. The molecule has 3 aromatic rings. The molecule has 0 aliphatic heterocycles. The quantitative estimate of drug-likeness (QED) is 0.229. The molecule has 0 unspecified atom stereocenters. The van der Waals surface area contributed by atoms with E-state index in [1.165, 1.54) is 20.6 Å². The van der Waals surface area contributed by atoms with Gasteiger partial charge in [0.25, 0.3) is 0 Å². The van der Waals surface area contributed by atoms with Crippen molar-refractivity contribution in [2.75, 3.05) is 14.2 Å². The second kappa shape index (κ2) is 10.8. The van der Waals surface area contributed by atoms with Crippen LogP contribution in [0.1, 0.15) is 48.0 Å². The zero-order valence-electron chi connectivity index (χ0n) is 19.4. The van der Waals surface area contributed by atoms with Crippen molar-refractivity contribution < 1.29 is 23.8 Å². The second-order valence-corrected chi connectivity index (χ2v) is 8.23. The van der Waals surface area contributed by atoms with Crippen LogP contribution in [0.2, 0.25) is 0 Å². The van der Waals surface area contributed by atoms with E-state index in [0.29, 0.717) is 28.4 Å². The Morgan fingerprint density at radius 3 is 2.41 bits per heavy atom. The van der Waals surface area contributed by atoms with Gasteiger partial charge in [-0.3, -0.25) is 4.79 Å². The first-order valence-electron chi connectivity index (χ1n) is 11.4. The first-order valence-corrected chi connectivity index (χ1v) is 11.4. The predicted molar refractivity (Wildman–Crippen MR) is 131 cm³/mol. The molecule has 1 saturated carbocycles. The van der Waals surface area contributed by atoms with Crippen LogP contribution in [0.4, 0.5) is 0 Å². The van der Waals surface area contributed by atoms with Crippen LogP contribution in [0.15, 0.2) is 59.7 Å². The van der Waals surface area contributed by atoms with Crippen LogP contribution < -0.4 is 19.6 Å². The van der Waals surface area contributed by atoms with Crippen molar-refractivity contribution in [3.05, 3.63) is 65.7 Å². The summed E-state index contributed by atoms with van der Waals surface area (Å²) in [6.45, 7) is 0. The molecule has 0 atom stereocenters. The summed E-state index contributed by atoms with van der Waals surface area (Å²) in [5.74, 6) is 0.682. The number of hydrogen-bond donors (Lipinski definition) is 1. The number of carbonyl (C=O) groups is 2. The Hall–Kier alpha value is -3.87. The van der Waals surface area contributed by atoms with E-state index in [-0.39, 0.29) is 11.8 Å². The van der Waals surface area contributed by atoms with Crippen molar-refractivity contribution in [1.29, 1.82) is 0 Å². The minimum absolute atomic E-state index is 0.000711. The summed E-state index contributed by atoms with van der Waals surface area (Å²) in [4.78, 5) is 25.4. The largest absolute Gasteiger partial charge is 0.493 e. The highest BCUT2D eigenvalue weighted by Gasteiger charge is 2.21. The topological polar surface area (TPSA) is 86.2 Å². The molecule has 34 heavy (non-hydrogen) atoms. The maximum Gasteiger partial charge on any atom is 0.343 e. The molecule has 4 rings (SSSR count). The summed E-state index contributed by atoms with van der Waals surface area (Å²) >= 11 is 0. The van der Waals surface area contributed by atoms with Gasteiger partial charge >= 0.3 is 5.97 Å². The van der Waals surface area contributed by atoms with Gasteiger partial charge in [-0.05, 0) is 47.9 Å². The Bertz CT molecular complexity index is 1210. The molecular weight excluding hydrogens is 432 g/mol. The Morgan fingerprint density at radius 2 is 1.65 bits per heavy atom. The Morgan fingerprint density at radius 1 is 0.912 bits per heavy atom. The first kappa shape index (κ1) is 23.3. The highest BCUT2D eigenvalue weighted by atomic mass is 16.5. The average Bonchev–Trinajstić information content (AvgIpc) is 2.89. The molecule has 1 N–H and O–H groups in total. The lowest BCUT2D eigenvalue weighted by molar-refractivity contribution is -0.125. The van der Waals surface area contributed by atoms with Gasteiger partial charge in [-0.2, -0.15) is 5.10 Å². The minimum Gasteiger partial charge on any atom is -0.493 e. The maximum absolute atomic E-state index is 12.9. The molecule has 1 fully saturated rings. The highest BCUT2D eigenvalue weighted by molar-refractivity contribution is 6.04. The minimum atomic E-state index is -0.544. The van der Waals surface area contributed by atoms with E-state index in [1.54, 1.807) is 30.5 Å². The lowest BCUT2D eigenvalue weighted by Gasteiger charge is -2.19. The van der Waals surface area contributed by atoms with Crippen molar-refractivity contribution >= 4 is 28.9 Å². The zero-order valence-corrected chi connectivity index (χ0v) is 19.4. The fourth-order valence-corrected chi connectivity index (χ4v) is 4.24. The number of nitrogens with one attached hydrogen (secondary N) is 1. The molecular formula is C27H28N2O5. The fraction of sp³-hybridized carbons (Fsp3) is 0.296. The molecule has 0 heterocycles. The van der Waals surface area contributed by atoms with Gasteiger partial charge in [-0.1, -0.05) is 49.6 Å². The highest BCUT2D eigenvalue weighted by Crippen LogP contribution is 2.30. The van der Waals surface area contributed by atoms with Gasteiger partial charge in [0.2, 0.25) is 5.91 Å². The number of hydrazone groups is 1. The molecule has 0 aromatic heterocycles. The van der Waals surface area contributed by atoms with Crippen LogP contribution in [0, 0.1) is 5.92 Å². The summed E-state index contributed by atoms with van der Waals surface area (Å²) in [5, 5.41) is 6.03. The van der Waals surface area contributed by atoms with Crippen LogP contribution in [0.25, 0.3) is 10.8 Å². The SMILES string of the molecule is COc1ccc(C(=O)Oc2ccc3ccccc3c2/C=N\NC(=O)C2CCCCC2)cc1OC. The van der Waals surface area contributed by atoms with Crippen molar-refractivity contribution in [2.45, 2.75) is 32.1 Å². The van der Waals surface area contributed by atoms with Crippen molar-refractivity contribution in [3.63, 3.8) is 0 Å². The zero-order chi connectivity index (χ0) is 23.9. The molecule has 7 heteroatoms. The van der Waals surface area contributed by atoms with Gasteiger partial charge in [0, 0.05) is 11.5 Å². The number of methoxy groups -OCH3 is 2. The van der Waals surface area contributed by atoms with E-state index in [0.717, 1.165) is 36.5 Å². The van der Waals surface area contributed by atoms with Gasteiger partial charge in [0.1, 0.15) is 5.75 Å². The third-order valence-corrected chi connectivity index (χ3v) is 6.10. The molecule has 176 valence electrons. The summed E-state index contributed by atoms with van der Waals surface area (Å²) in [7, 11) is 3.04. The van der Waals surface area contributed by atoms with E-state index in [1.807, 2.05) is 30.3 Å². The summed E-state index contributed by atoms with van der Waals surface area (Å²) in [6.07, 6.45) is 6.65. The standard InChI is InChI=1S/C27H28N2O5/c1-32-24-15-13-20(16-25(24)33-2)27(31)34-23-14-12-18-8-6-7-11-21(18)22(23)17-28-29-26(30)19-9-4-3-5-10-19/h6-8,11-17,19H,3-5,9-10H2,1-2H3,(H,29,30)/b28-17-. The molecule has 1 aliphatic carbocycles. The van der Waals surface area contributed by atoms with Crippen LogP contribution >= 0.6 is 0 Å². The van der Waals surface area contributed by atoms with Crippen molar-refractivity contribution in [1.82, 2.24) is 5.43 Å². The van der Waals surface area contributed by atoms with Gasteiger partial charge in [-0.15, -0.1) is 0 Å². The van der Waals surface area contributed by atoms with E-state index in [4.69, 9.17) is 14.2 Å². The van der Waals surface area contributed by atoms with E-state index in [9.17, 15) is 9.59 Å². The first-order chi connectivity index (χ1) is 16.6. The van der Waals surface area contributed by atoms with Crippen LogP contribution in [0.3, 0.4) is 0 Å². The normalized spacial score (nSPS) is 14.2.